The Labute approximate surface area is 210 Å². The highest BCUT2D eigenvalue weighted by atomic mass is 16.5. The Bertz CT molecular complexity index is 1480. The summed E-state index contributed by atoms with van der Waals surface area (Å²) in [6, 6.07) is 31.5. The molecule has 0 saturated heterocycles. The van der Waals surface area contributed by atoms with E-state index in [4.69, 9.17) is 14.8 Å². The molecular formula is C30H28N4O2. The molecule has 1 N–H and O–H groups in total. The first kappa shape index (κ1) is 23.3. The summed E-state index contributed by atoms with van der Waals surface area (Å²) in [5.74, 6) is 0.501. The van der Waals surface area contributed by atoms with E-state index in [1.165, 1.54) is 5.56 Å². The SMILES string of the molecule is COc1ccccc1-c1cc(C(=O)N[C@H](C)CCc2ccccc2)n2nc(-c3ccccc3)cc2n1. The third-order valence-corrected chi connectivity index (χ3v) is 6.20. The molecule has 2 aromatic heterocycles. The highest BCUT2D eigenvalue weighted by molar-refractivity contribution is 5.94. The molecule has 0 unspecified atom stereocenters. The molecule has 0 aliphatic heterocycles. The smallest absolute Gasteiger partial charge is 0.270 e. The van der Waals surface area contributed by atoms with Crippen LogP contribution in [0.1, 0.15) is 29.4 Å². The molecule has 2 heterocycles. The Balaban J connectivity index is 1.51. The van der Waals surface area contributed by atoms with Gasteiger partial charge in [-0.25, -0.2) is 9.50 Å². The molecule has 0 saturated carbocycles. The van der Waals surface area contributed by atoms with E-state index in [0.717, 1.165) is 29.7 Å². The maximum Gasteiger partial charge on any atom is 0.270 e. The van der Waals surface area contributed by atoms with Crippen molar-refractivity contribution in [2.45, 2.75) is 25.8 Å². The number of ether oxygens (including phenoxy) is 1. The summed E-state index contributed by atoms with van der Waals surface area (Å²) in [6.07, 6.45) is 1.72. The summed E-state index contributed by atoms with van der Waals surface area (Å²) in [7, 11) is 1.63. The molecule has 5 rings (SSSR count). The molecular weight excluding hydrogens is 448 g/mol. The van der Waals surface area contributed by atoms with E-state index in [-0.39, 0.29) is 11.9 Å². The minimum absolute atomic E-state index is 0.0141. The second kappa shape index (κ2) is 10.4. The van der Waals surface area contributed by atoms with Crippen molar-refractivity contribution in [3.8, 4) is 28.3 Å². The van der Waals surface area contributed by atoms with Gasteiger partial charge in [-0.15, -0.1) is 0 Å². The van der Waals surface area contributed by atoms with E-state index in [0.29, 0.717) is 22.8 Å². The van der Waals surface area contributed by atoms with Gasteiger partial charge in [0.1, 0.15) is 11.4 Å². The van der Waals surface area contributed by atoms with Gasteiger partial charge in [-0.1, -0.05) is 72.8 Å². The van der Waals surface area contributed by atoms with Gasteiger partial charge in [0.15, 0.2) is 5.65 Å². The Kier molecular flexibility index (Phi) is 6.76. The first-order chi connectivity index (χ1) is 17.6. The number of methoxy groups -OCH3 is 1. The van der Waals surface area contributed by atoms with Gasteiger partial charge in [0, 0.05) is 23.2 Å². The summed E-state index contributed by atoms with van der Waals surface area (Å²) >= 11 is 0. The molecule has 0 bridgehead atoms. The van der Waals surface area contributed by atoms with Crippen molar-refractivity contribution >= 4 is 11.6 Å². The molecule has 0 fully saturated rings. The number of hydrogen-bond acceptors (Lipinski definition) is 4. The lowest BCUT2D eigenvalue weighted by Crippen LogP contribution is -2.34. The minimum atomic E-state index is -0.193. The second-order valence-corrected chi connectivity index (χ2v) is 8.79. The van der Waals surface area contributed by atoms with E-state index in [1.807, 2.05) is 85.8 Å². The van der Waals surface area contributed by atoms with E-state index < -0.39 is 0 Å². The monoisotopic (exact) mass is 476 g/mol. The Hall–Kier alpha value is -4.45. The number of nitrogens with zero attached hydrogens (tertiary/aromatic N) is 3. The van der Waals surface area contributed by atoms with Crippen molar-refractivity contribution < 1.29 is 9.53 Å². The van der Waals surface area contributed by atoms with Crippen LogP contribution in [0.25, 0.3) is 28.2 Å². The number of fused-ring (bicyclic) bond motifs is 1. The lowest BCUT2D eigenvalue weighted by atomic mass is 10.1. The number of benzene rings is 3. The van der Waals surface area contributed by atoms with Crippen LogP contribution in [0.15, 0.2) is 97.1 Å². The predicted molar refractivity (Wildman–Crippen MR) is 142 cm³/mol. The van der Waals surface area contributed by atoms with E-state index >= 15 is 0 Å². The molecule has 0 radical (unpaired) electrons. The van der Waals surface area contributed by atoms with Crippen LogP contribution in [0.5, 0.6) is 5.75 Å². The highest BCUT2D eigenvalue weighted by Gasteiger charge is 2.20. The van der Waals surface area contributed by atoms with Gasteiger partial charge in [-0.2, -0.15) is 5.10 Å². The van der Waals surface area contributed by atoms with Crippen LogP contribution >= 0.6 is 0 Å². The first-order valence-electron chi connectivity index (χ1n) is 12.1. The van der Waals surface area contributed by atoms with Crippen LogP contribution in [-0.4, -0.2) is 33.7 Å². The van der Waals surface area contributed by atoms with Crippen LogP contribution in [0, 0.1) is 0 Å². The van der Waals surface area contributed by atoms with Gasteiger partial charge in [-0.3, -0.25) is 4.79 Å². The van der Waals surface area contributed by atoms with E-state index in [1.54, 1.807) is 17.7 Å². The van der Waals surface area contributed by atoms with Crippen molar-refractivity contribution in [1.29, 1.82) is 0 Å². The summed E-state index contributed by atoms with van der Waals surface area (Å²) in [6.45, 7) is 2.03. The normalized spacial score (nSPS) is 11.8. The van der Waals surface area contributed by atoms with Gasteiger partial charge >= 0.3 is 0 Å². The molecule has 0 spiro atoms. The van der Waals surface area contributed by atoms with E-state index in [9.17, 15) is 4.79 Å². The van der Waals surface area contributed by atoms with Gasteiger partial charge in [0.25, 0.3) is 5.91 Å². The molecule has 1 atom stereocenters. The molecule has 1 amide bonds. The number of amides is 1. The Morgan fingerprint density at radius 3 is 2.36 bits per heavy atom. The van der Waals surface area contributed by atoms with Crippen molar-refractivity contribution in [2.75, 3.05) is 7.11 Å². The summed E-state index contributed by atoms with van der Waals surface area (Å²) in [5, 5.41) is 7.90. The molecule has 0 aliphatic carbocycles. The molecule has 6 heteroatoms. The fraction of sp³-hybridized carbons (Fsp3) is 0.167. The molecule has 5 aromatic rings. The quantitative estimate of drug-likeness (QED) is 0.306. The number of carbonyl (C=O) groups excluding carboxylic acids is 1. The van der Waals surface area contributed by atoms with Gasteiger partial charge in [0.2, 0.25) is 0 Å². The molecule has 0 aliphatic rings. The zero-order chi connectivity index (χ0) is 24.9. The Morgan fingerprint density at radius 1 is 0.917 bits per heavy atom. The van der Waals surface area contributed by atoms with Crippen molar-refractivity contribution in [3.63, 3.8) is 0 Å². The maximum absolute atomic E-state index is 13.5. The van der Waals surface area contributed by atoms with Gasteiger partial charge in [0.05, 0.1) is 18.5 Å². The zero-order valence-electron chi connectivity index (χ0n) is 20.4. The molecule has 36 heavy (non-hydrogen) atoms. The third-order valence-electron chi connectivity index (χ3n) is 6.20. The minimum Gasteiger partial charge on any atom is -0.496 e. The second-order valence-electron chi connectivity index (χ2n) is 8.79. The number of rotatable bonds is 8. The zero-order valence-corrected chi connectivity index (χ0v) is 20.4. The molecule has 3 aromatic carbocycles. The largest absolute Gasteiger partial charge is 0.496 e. The predicted octanol–water partition coefficient (Wildman–Crippen LogP) is 5.82. The van der Waals surface area contributed by atoms with E-state index in [2.05, 4.69) is 17.4 Å². The van der Waals surface area contributed by atoms with Crippen LogP contribution in [0.3, 0.4) is 0 Å². The lowest BCUT2D eigenvalue weighted by molar-refractivity contribution is 0.0931. The van der Waals surface area contributed by atoms with Crippen molar-refractivity contribution in [2.24, 2.45) is 0 Å². The fourth-order valence-corrected chi connectivity index (χ4v) is 4.28. The fourth-order valence-electron chi connectivity index (χ4n) is 4.28. The standard InChI is InChI=1S/C30H28N4O2/c1-21(17-18-22-11-5-3-6-12-22)31-30(35)27-19-26(24-15-9-10-16-28(24)36-2)32-29-20-25(33-34(27)29)23-13-7-4-8-14-23/h3-16,19-21H,17-18H2,1-2H3,(H,31,35)/t21-/m1/s1. The van der Waals surface area contributed by atoms with Crippen molar-refractivity contribution in [3.05, 3.63) is 108 Å². The Morgan fingerprint density at radius 2 is 1.61 bits per heavy atom. The number of hydrogen-bond donors (Lipinski definition) is 1. The van der Waals surface area contributed by atoms with Crippen molar-refractivity contribution in [1.82, 2.24) is 19.9 Å². The van der Waals surface area contributed by atoms with Crippen LogP contribution < -0.4 is 10.1 Å². The number of nitrogens with one attached hydrogen (secondary N) is 1. The number of carbonyl (C=O) groups is 1. The average molecular weight is 477 g/mol. The highest BCUT2D eigenvalue weighted by Crippen LogP contribution is 2.30. The lowest BCUT2D eigenvalue weighted by Gasteiger charge is -2.15. The van der Waals surface area contributed by atoms with Crippen LogP contribution in [-0.2, 0) is 6.42 Å². The maximum atomic E-state index is 13.5. The number of aryl methyl sites for hydroxylation is 1. The molecule has 6 nitrogen and oxygen atoms in total. The topological polar surface area (TPSA) is 68.5 Å². The summed E-state index contributed by atoms with van der Waals surface area (Å²) < 4.78 is 7.19. The van der Waals surface area contributed by atoms with Gasteiger partial charge < -0.3 is 10.1 Å². The first-order valence-corrected chi connectivity index (χ1v) is 12.1. The summed E-state index contributed by atoms with van der Waals surface area (Å²) in [5.41, 5.74) is 5.46. The third kappa shape index (κ3) is 4.98. The number of para-hydroxylation sites is 1. The van der Waals surface area contributed by atoms with Gasteiger partial charge in [-0.05, 0) is 43.5 Å². The molecule has 180 valence electrons. The van der Waals surface area contributed by atoms with Crippen LogP contribution in [0.4, 0.5) is 0 Å². The average Bonchev–Trinajstić information content (AvgIpc) is 3.37. The number of aromatic nitrogens is 3. The summed E-state index contributed by atoms with van der Waals surface area (Å²) in [4.78, 5) is 18.4. The van der Waals surface area contributed by atoms with Crippen LogP contribution in [0.2, 0.25) is 0 Å².